The van der Waals surface area contributed by atoms with E-state index < -0.39 is 0 Å². The van der Waals surface area contributed by atoms with Crippen LogP contribution >= 0.6 is 0 Å². The van der Waals surface area contributed by atoms with Gasteiger partial charge in [0.25, 0.3) is 5.56 Å². The van der Waals surface area contributed by atoms with Crippen LogP contribution in [0.5, 0.6) is 0 Å². The van der Waals surface area contributed by atoms with Crippen LogP contribution in [0, 0.1) is 0 Å². The van der Waals surface area contributed by atoms with Gasteiger partial charge in [-0.05, 0) is 17.5 Å². The topological polar surface area (TPSA) is 34.4 Å². The summed E-state index contributed by atoms with van der Waals surface area (Å²) in [7, 11) is 0. The van der Waals surface area contributed by atoms with Gasteiger partial charge < -0.3 is 0 Å². The van der Waals surface area contributed by atoms with E-state index in [0.717, 1.165) is 32.6 Å². The summed E-state index contributed by atoms with van der Waals surface area (Å²) < 4.78 is 1.82. The largest absolute Gasteiger partial charge is 0.275 e. The van der Waals surface area contributed by atoms with Crippen molar-refractivity contribution in [1.29, 1.82) is 0 Å². The number of hydrogen-bond donors (Lipinski definition) is 0. The Morgan fingerprint density at radius 1 is 0.762 bits per heavy atom. The SMILES string of the molecule is O=c1c2cnccc2c2cccc3c4ccccc4n1c23. The lowest BCUT2D eigenvalue weighted by Crippen LogP contribution is -2.12. The summed E-state index contributed by atoms with van der Waals surface area (Å²) >= 11 is 0. The molecule has 0 unspecified atom stereocenters. The lowest BCUT2D eigenvalue weighted by Gasteiger charge is -2.05. The Morgan fingerprint density at radius 3 is 2.43 bits per heavy atom. The normalized spacial score (nSPS) is 12.0. The molecule has 0 saturated heterocycles. The summed E-state index contributed by atoms with van der Waals surface area (Å²) in [5.41, 5.74) is 1.96. The first-order chi connectivity index (χ1) is 10.4. The van der Waals surface area contributed by atoms with Crippen LogP contribution in [0.2, 0.25) is 0 Å². The fourth-order valence-corrected chi connectivity index (χ4v) is 3.37. The van der Waals surface area contributed by atoms with E-state index in [4.69, 9.17) is 0 Å². The predicted octanol–water partition coefficient (Wildman–Crippen LogP) is 3.59. The first-order valence-corrected chi connectivity index (χ1v) is 6.87. The quantitative estimate of drug-likeness (QED) is 0.403. The second kappa shape index (κ2) is 3.58. The van der Waals surface area contributed by atoms with Crippen molar-refractivity contribution in [3.63, 3.8) is 0 Å². The average Bonchev–Trinajstić information content (AvgIpc) is 2.89. The molecule has 3 aromatic heterocycles. The Kier molecular flexibility index (Phi) is 1.84. The Hall–Kier alpha value is -2.94. The Bertz CT molecular complexity index is 1200. The molecule has 0 aliphatic heterocycles. The lowest BCUT2D eigenvalue weighted by molar-refractivity contribution is 1.20. The molecule has 0 atom stereocenters. The Morgan fingerprint density at radius 2 is 1.52 bits per heavy atom. The number of fused-ring (bicyclic) bond motifs is 5. The van der Waals surface area contributed by atoms with E-state index in [1.807, 2.05) is 28.7 Å². The highest BCUT2D eigenvalue weighted by Crippen LogP contribution is 2.33. The second-order valence-corrected chi connectivity index (χ2v) is 5.28. The fraction of sp³-hybridized carbons (Fsp3) is 0. The molecule has 0 amide bonds. The van der Waals surface area contributed by atoms with Crippen molar-refractivity contribution in [2.75, 3.05) is 0 Å². The van der Waals surface area contributed by atoms with Gasteiger partial charge in [-0.3, -0.25) is 14.2 Å². The van der Waals surface area contributed by atoms with Gasteiger partial charge in [-0.25, -0.2) is 0 Å². The van der Waals surface area contributed by atoms with Crippen LogP contribution in [0.1, 0.15) is 0 Å². The maximum atomic E-state index is 12.9. The average molecular weight is 270 g/mol. The maximum Gasteiger partial charge on any atom is 0.265 e. The number of rotatable bonds is 0. The van der Waals surface area contributed by atoms with Crippen LogP contribution < -0.4 is 5.56 Å². The van der Waals surface area contributed by atoms with Gasteiger partial charge in [0, 0.05) is 28.6 Å². The third kappa shape index (κ3) is 1.19. The molecule has 0 aliphatic carbocycles. The van der Waals surface area contributed by atoms with E-state index in [9.17, 15) is 4.79 Å². The summed E-state index contributed by atoms with van der Waals surface area (Å²) in [4.78, 5) is 17.0. The molecule has 0 fully saturated rings. The molecule has 0 radical (unpaired) electrons. The predicted molar refractivity (Wildman–Crippen MR) is 85.2 cm³/mol. The van der Waals surface area contributed by atoms with Gasteiger partial charge in [-0.1, -0.05) is 36.4 Å². The Labute approximate surface area is 119 Å². The van der Waals surface area contributed by atoms with Crippen molar-refractivity contribution in [1.82, 2.24) is 9.38 Å². The summed E-state index contributed by atoms with van der Waals surface area (Å²) in [6, 6.07) is 16.2. The first kappa shape index (κ1) is 10.8. The highest BCUT2D eigenvalue weighted by atomic mass is 16.1. The van der Waals surface area contributed by atoms with Crippen molar-refractivity contribution in [2.45, 2.75) is 0 Å². The van der Waals surface area contributed by atoms with Gasteiger partial charge in [0.15, 0.2) is 0 Å². The van der Waals surface area contributed by atoms with Crippen molar-refractivity contribution < 1.29 is 0 Å². The fourth-order valence-electron chi connectivity index (χ4n) is 3.37. The van der Waals surface area contributed by atoms with Crippen molar-refractivity contribution in [3.8, 4) is 0 Å². The minimum Gasteiger partial charge on any atom is -0.275 e. The third-order valence-electron chi connectivity index (χ3n) is 4.24. The zero-order valence-corrected chi connectivity index (χ0v) is 11.1. The summed E-state index contributed by atoms with van der Waals surface area (Å²) in [5, 5.41) is 4.97. The van der Waals surface area contributed by atoms with E-state index in [2.05, 4.69) is 29.2 Å². The van der Waals surface area contributed by atoms with Crippen LogP contribution in [0.4, 0.5) is 0 Å². The summed E-state index contributed by atoms with van der Waals surface area (Å²) in [5.74, 6) is 0. The van der Waals surface area contributed by atoms with E-state index in [1.54, 1.807) is 12.4 Å². The maximum absolute atomic E-state index is 12.9. The molecular weight excluding hydrogens is 260 g/mol. The van der Waals surface area contributed by atoms with Crippen LogP contribution in [-0.2, 0) is 0 Å². The van der Waals surface area contributed by atoms with Gasteiger partial charge in [-0.15, -0.1) is 0 Å². The molecule has 3 nitrogen and oxygen atoms in total. The van der Waals surface area contributed by atoms with Gasteiger partial charge >= 0.3 is 0 Å². The number of hydrogen-bond acceptors (Lipinski definition) is 2. The molecule has 0 saturated carbocycles. The van der Waals surface area contributed by atoms with Gasteiger partial charge in [-0.2, -0.15) is 0 Å². The van der Waals surface area contributed by atoms with Gasteiger partial charge in [0.1, 0.15) is 0 Å². The van der Waals surface area contributed by atoms with E-state index in [0.29, 0.717) is 5.39 Å². The van der Waals surface area contributed by atoms with Crippen molar-refractivity contribution in [3.05, 3.63) is 71.3 Å². The van der Waals surface area contributed by atoms with Gasteiger partial charge in [0.05, 0.1) is 16.4 Å². The second-order valence-electron chi connectivity index (χ2n) is 5.28. The van der Waals surface area contributed by atoms with Crippen molar-refractivity contribution in [2.24, 2.45) is 0 Å². The standard InChI is InChI=1S/C18H10N2O/c21-18-15-10-19-9-8-11(15)13-5-3-6-14-12-4-1-2-7-16(12)20(18)17(13)14/h1-10H. The number of nitrogens with zero attached hydrogens (tertiary/aromatic N) is 2. The van der Waals surface area contributed by atoms with E-state index >= 15 is 0 Å². The molecule has 3 heterocycles. The molecule has 3 heteroatoms. The monoisotopic (exact) mass is 270 g/mol. The molecule has 0 N–H and O–H groups in total. The molecule has 0 spiro atoms. The molecule has 5 rings (SSSR count). The first-order valence-electron chi connectivity index (χ1n) is 6.87. The van der Waals surface area contributed by atoms with E-state index in [1.165, 1.54) is 0 Å². The summed E-state index contributed by atoms with van der Waals surface area (Å²) in [6.45, 7) is 0. The highest BCUT2D eigenvalue weighted by Gasteiger charge is 2.15. The van der Waals surface area contributed by atoms with Crippen LogP contribution in [0.3, 0.4) is 0 Å². The number of benzene rings is 2. The van der Waals surface area contributed by atoms with Gasteiger partial charge in [0.2, 0.25) is 0 Å². The molecule has 21 heavy (non-hydrogen) atoms. The lowest BCUT2D eigenvalue weighted by atomic mass is 10.1. The molecular formula is C18H10N2O. The van der Waals surface area contributed by atoms with E-state index in [-0.39, 0.29) is 5.56 Å². The highest BCUT2D eigenvalue weighted by molar-refractivity contribution is 6.19. The smallest absolute Gasteiger partial charge is 0.265 e. The molecule has 2 aromatic carbocycles. The number of pyridine rings is 2. The molecule has 98 valence electrons. The number of aromatic nitrogens is 2. The van der Waals surface area contributed by atoms with Crippen LogP contribution in [-0.4, -0.2) is 9.38 Å². The molecule has 0 aliphatic rings. The van der Waals surface area contributed by atoms with Crippen LogP contribution in [0.25, 0.3) is 38.0 Å². The molecule has 5 aromatic rings. The third-order valence-corrected chi connectivity index (χ3v) is 4.24. The minimum atomic E-state index is 0.00278. The zero-order valence-electron chi connectivity index (χ0n) is 11.1. The zero-order chi connectivity index (χ0) is 14.0. The Balaban J connectivity index is 2.33. The van der Waals surface area contributed by atoms with Crippen molar-refractivity contribution >= 4 is 38.0 Å². The minimum absolute atomic E-state index is 0.00278. The van der Waals surface area contributed by atoms with Crippen LogP contribution in [0.15, 0.2) is 65.7 Å². The molecule has 0 bridgehead atoms. The number of para-hydroxylation sites is 2. The summed E-state index contributed by atoms with van der Waals surface area (Å²) in [6.07, 6.45) is 3.40.